The Morgan fingerprint density at radius 2 is 2.13 bits per heavy atom. The maximum atomic E-state index is 12.3. The summed E-state index contributed by atoms with van der Waals surface area (Å²) >= 11 is 1.37. The SMILES string of the molecule is CCc1nc(SCC(=O)NC(c2ccc(C)cc2)C2CC2)n[nH]1. The van der Waals surface area contributed by atoms with Crippen molar-refractivity contribution in [2.75, 3.05) is 5.75 Å². The van der Waals surface area contributed by atoms with Crippen LogP contribution in [0.15, 0.2) is 29.4 Å². The van der Waals surface area contributed by atoms with Crippen LogP contribution in [0.4, 0.5) is 0 Å². The summed E-state index contributed by atoms with van der Waals surface area (Å²) in [5, 5.41) is 10.8. The zero-order valence-electron chi connectivity index (χ0n) is 13.5. The van der Waals surface area contributed by atoms with Gasteiger partial charge in [0.05, 0.1) is 11.8 Å². The van der Waals surface area contributed by atoms with Gasteiger partial charge >= 0.3 is 0 Å². The van der Waals surface area contributed by atoms with Crippen molar-refractivity contribution in [2.45, 2.75) is 44.3 Å². The van der Waals surface area contributed by atoms with Crippen LogP contribution in [0.25, 0.3) is 0 Å². The van der Waals surface area contributed by atoms with Gasteiger partial charge in [-0.1, -0.05) is 48.5 Å². The van der Waals surface area contributed by atoms with Crippen LogP contribution in [0.2, 0.25) is 0 Å². The van der Waals surface area contributed by atoms with E-state index in [9.17, 15) is 4.79 Å². The molecule has 1 heterocycles. The summed E-state index contributed by atoms with van der Waals surface area (Å²) in [5.74, 6) is 1.80. The van der Waals surface area contributed by atoms with Gasteiger partial charge in [-0.2, -0.15) is 0 Å². The van der Waals surface area contributed by atoms with Crippen molar-refractivity contribution in [3.05, 3.63) is 41.2 Å². The number of rotatable bonds is 7. The molecular formula is C17H22N4OS. The number of carbonyl (C=O) groups is 1. The average Bonchev–Trinajstić information content (AvgIpc) is 3.29. The van der Waals surface area contributed by atoms with Gasteiger partial charge in [-0.05, 0) is 31.2 Å². The molecule has 0 radical (unpaired) electrons. The fourth-order valence-corrected chi connectivity index (χ4v) is 3.15. The summed E-state index contributed by atoms with van der Waals surface area (Å²) in [6.07, 6.45) is 3.19. The molecule has 3 rings (SSSR count). The first-order valence-electron chi connectivity index (χ1n) is 8.05. The lowest BCUT2D eigenvalue weighted by molar-refractivity contribution is -0.119. The molecule has 1 amide bonds. The van der Waals surface area contributed by atoms with Crippen LogP contribution >= 0.6 is 11.8 Å². The highest BCUT2D eigenvalue weighted by molar-refractivity contribution is 7.99. The molecule has 1 saturated carbocycles. The van der Waals surface area contributed by atoms with Gasteiger partial charge in [0.15, 0.2) is 0 Å². The molecule has 122 valence electrons. The van der Waals surface area contributed by atoms with E-state index in [0.29, 0.717) is 16.8 Å². The minimum absolute atomic E-state index is 0.0373. The Labute approximate surface area is 140 Å². The number of thioether (sulfide) groups is 1. The molecule has 5 nitrogen and oxygen atoms in total. The van der Waals surface area contributed by atoms with Gasteiger partial charge < -0.3 is 5.32 Å². The summed E-state index contributed by atoms with van der Waals surface area (Å²) in [7, 11) is 0. The Morgan fingerprint density at radius 3 is 2.74 bits per heavy atom. The van der Waals surface area contributed by atoms with Gasteiger partial charge in [-0.3, -0.25) is 9.89 Å². The van der Waals surface area contributed by atoms with Crippen LogP contribution in [0.1, 0.15) is 42.8 Å². The Hall–Kier alpha value is -1.82. The number of aromatic amines is 1. The second-order valence-corrected chi connectivity index (χ2v) is 6.94. The third-order valence-electron chi connectivity index (χ3n) is 4.02. The smallest absolute Gasteiger partial charge is 0.230 e. The van der Waals surface area contributed by atoms with Crippen LogP contribution in [-0.2, 0) is 11.2 Å². The number of nitrogens with zero attached hydrogens (tertiary/aromatic N) is 2. The van der Waals surface area contributed by atoms with E-state index in [1.165, 1.54) is 35.7 Å². The third-order valence-corrected chi connectivity index (χ3v) is 4.87. The molecule has 1 fully saturated rings. The predicted octanol–water partition coefficient (Wildman–Crippen LogP) is 3.04. The summed E-state index contributed by atoms with van der Waals surface area (Å²) in [4.78, 5) is 16.6. The molecule has 2 aromatic rings. The summed E-state index contributed by atoms with van der Waals surface area (Å²) in [6.45, 7) is 4.09. The van der Waals surface area contributed by atoms with Crippen molar-refractivity contribution in [1.82, 2.24) is 20.5 Å². The summed E-state index contributed by atoms with van der Waals surface area (Å²) in [6, 6.07) is 8.57. The molecule has 0 saturated heterocycles. The van der Waals surface area contributed by atoms with Crippen molar-refractivity contribution < 1.29 is 4.79 Å². The van der Waals surface area contributed by atoms with Crippen LogP contribution in [0, 0.1) is 12.8 Å². The fourth-order valence-electron chi connectivity index (χ4n) is 2.52. The third kappa shape index (κ3) is 4.34. The Bertz CT molecular complexity index is 663. The highest BCUT2D eigenvalue weighted by Gasteiger charge is 2.33. The quantitative estimate of drug-likeness (QED) is 0.766. The zero-order chi connectivity index (χ0) is 16.2. The minimum Gasteiger partial charge on any atom is -0.348 e. The molecule has 1 aliphatic rings. The number of aryl methyl sites for hydroxylation is 2. The highest BCUT2D eigenvalue weighted by atomic mass is 32.2. The topological polar surface area (TPSA) is 70.7 Å². The van der Waals surface area contributed by atoms with Crippen LogP contribution in [0.5, 0.6) is 0 Å². The molecule has 1 aliphatic carbocycles. The largest absolute Gasteiger partial charge is 0.348 e. The first-order valence-corrected chi connectivity index (χ1v) is 9.04. The van der Waals surface area contributed by atoms with Crippen LogP contribution in [-0.4, -0.2) is 26.8 Å². The number of hydrogen-bond acceptors (Lipinski definition) is 4. The van der Waals surface area contributed by atoms with E-state index >= 15 is 0 Å². The van der Waals surface area contributed by atoms with Gasteiger partial charge in [0.2, 0.25) is 11.1 Å². The number of amides is 1. The first-order chi connectivity index (χ1) is 11.2. The molecule has 0 spiro atoms. The van der Waals surface area contributed by atoms with E-state index in [4.69, 9.17) is 0 Å². The van der Waals surface area contributed by atoms with E-state index in [2.05, 4.69) is 51.7 Å². The lowest BCUT2D eigenvalue weighted by atomic mass is 10.0. The van der Waals surface area contributed by atoms with E-state index in [0.717, 1.165) is 12.2 Å². The van der Waals surface area contributed by atoms with Crippen LogP contribution in [0.3, 0.4) is 0 Å². The number of H-pyrrole nitrogens is 1. The molecule has 6 heteroatoms. The Kier molecular flexibility index (Phi) is 5.00. The maximum absolute atomic E-state index is 12.3. The van der Waals surface area contributed by atoms with Crippen molar-refractivity contribution in [3.8, 4) is 0 Å². The van der Waals surface area contributed by atoms with Gasteiger partial charge in [-0.15, -0.1) is 5.10 Å². The summed E-state index contributed by atoms with van der Waals surface area (Å²) in [5.41, 5.74) is 2.43. The number of carbonyl (C=O) groups excluding carboxylic acids is 1. The number of nitrogens with one attached hydrogen (secondary N) is 2. The molecule has 1 aromatic heterocycles. The molecule has 2 N–H and O–H groups in total. The van der Waals surface area contributed by atoms with Crippen molar-refractivity contribution in [3.63, 3.8) is 0 Å². The molecule has 1 unspecified atom stereocenters. The second-order valence-electron chi connectivity index (χ2n) is 6.00. The summed E-state index contributed by atoms with van der Waals surface area (Å²) < 4.78 is 0. The Balaban J connectivity index is 1.57. The van der Waals surface area contributed by atoms with Crippen LogP contribution < -0.4 is 5.32 Å². The normalized spacial score (nSPS) is 15.4. The van der Waals surface area contributed by atoms with Crippen molar-refractivity contribution >= 4 is 17.7 Å². The Morgan fingerprint density at radius 1 is 1.39 bits per heavy atom. The number of aromatic nitrogens is 3. The van der Waals surface area contributed by atoms with Gasteiger partial charge in [-0.25, -0.2) is 4.98 Å². The first kappa shape index (κ1) is 16.1. The van der Waals surface area contributed by atoms with E-state index in [1.807, 2.05) is 6.92 Å². The van der Waals surface area contributed by atoms with E-state index in [-0.39, 0.29) is 11.9 Å². The molecular weight excluding hydrogens is 308 g/mol. The monoisotopic (exact) mass is 330 g/mol. The zero-order valence-corrected chi connectivity index (χ0v) is 14.3. The van der Waals surface area contributed by atoms with E-state index < -0.39 is 0 Å². The molecule has 0 aliphatic heterocycles. The molecule has 1 atom stereocenters. The molecule has 1 aromatic carbocycles. The predicted molar refractivity (Wildman–Crippen MR) is 91.3 cm³/mol. The maximum Gasteiger partial charge on any atom is 0.230 e. The average molecular weight is 330 g/mol. The van der Waals surface area contributed by atoms with Crippen molar-refractivity contribution in [2.24, 2.45) is 5.92 Å². The highest BCUT2D eigenvalue weighted by Crippen LogP contribution is 2.41. The standard InChI is InChI=1S/C17H22N4OS/c1-3-14-18-17(21-20-14)23-10-15(22)19-16(13-8-9-13)12-6-4-11(2)5-7-12/h4-7,13,16H,3,8-10H2,1-2H3,(H,19,22)(H,18,20,21). The van der Waals surface area contributed by atoms with Gasteiger partial charge in [0.25, 0.3) is 0 Å². The number of hydrogen-bond donors (Lipinski definition) is 2. The number of benzene rings is 1. The lowest BCUT2D eigenvalue weighted by Gasteiger charge is -2.18. The van der Waals surface area contributed by atoms with Crippen molar-refractivity contribution in [1.29, 1.82) is 0 Å². The van der Waals surface area contributed by atoms with E-state index in [1.54, 1.807) is 0 Å². The van der Waals surface area contributed by atoms with Gasteiger partial charge in [0.1, 0.15) is 5.82 Å². The molecule has 23 heavy (non-hydrogen) atoms. The fraction of sp³-hybridized carbons (Fsp3) is 0.471. The van der Waals surface area contributed by atoms with Gasteiger partial charge in [0, 0.05) is 6.42 Å². The lowest BCUT2D eigenvalue weighted by Crippen LogP contribution is -2.31. The minimum atomic E-state index is 0.0373. The second kappa shape index (κ2) is 7.17. The molecule has 0 bridgehead atoms.